The molecular formula is C84H164O17P2. The molecule has 3 unspecified atom stereocenters. The number of hydrogen-bond acceptors (Lipinski definition) is 15. The first-order chi connectivity index (χ1) is 49.9. The molecule has 6 atom stereocenters. The molecule has 0 saturated heterocycles. The van der Waals surface area contributed by atoms with Crippen molar-refractivity contribution in [3.05, 3.63) is 0 Å². The minimum atomic E-state index is -4.96. The van der Waals surface area contributed by atoms with Crippen LogP contribution in [0.4, 0.5) is 0 Å². The molecule has 0 aromatic heterocycles. The van der Waals surface area contributed by atoms with Crippen LogP contribution < -0.4 is 0 Å². The Morgan fingerprint density at radius 3 is 0.738 bits per heavy atom. The van der Waals surface area contributed by atoms with Crippen molar-refractivity contribution >= 4 is 39.5 Å². The summed E-state index contributed by atoms with van der Waals surface area (Å²) in [6.07, 6.45) is 66.7. The second kappa shape index (κ2) is 75.5. The van der Waals surface area contributed by atoms with Crippen LogP contribution in [0.5, 0.6) is 0 Å². The SMILES string of the molecule is CCCCCCCCCCCCCCCCCCCCCC(=O)OC[C@H](COP(=O)(O)OC[C@@H](O)COP(=O)(O)OC[C@@H](COC(=O)CCCCCCCCCCC(C)C)OC(=O)CCCCCCCCCCCCC(C)CC)OC(=O)CCCCCCCCCCCCCCCCCCCCC. The standard InChI is InChI=1S/C84H164O17P2/c1-7-10-12-14-16-18-20-22-24-26-28-30-32-34-36-41-48-54-60-66-81(86)94-72-79(100-83(88)68-62-56-50-42-37-35-33-31-29-27-25-23-21-19-17-15-13-11-8-2)74-98-102(90,91)96-70-78(85)71-97-103(92,93)99-75-80(73-95-82(87)67-61-55-49-45-44-46-52-58-64-76(4)5)101-84(89)69-63-57-51-43-39-38-40-47-53-59-65-77(6)9-3/h76-80,85H,7-75H2,1-6H3,(H,90,91)(H,92,93)/t77?,78-,79-,80-/m1/s1. The molecule has 17 nitrogen and oxygen atoms in total. The molecule has 0 rings (SSSR count). The molecule has 612 valence electrons. The summed E-state index contributed by atoms with van der Waals surface area (Å²) in [5, 5.41) is 10.7. The maximum absolute atomic E-state index is 13.1. The fourth-order valence-corrected chi connectivity index (χ4v) is 14.6. The van der Waals surface area contributed by atoms with Crippen molar-refractivity contribution in [2.24, 2.45) is 11.8 Å². The predicted octanol–water partition coefficient (Wildman–Crippen LogP) is 25.5. The summed E-state index contributed by atoms with van der Waals surface area (Å²) in [7, 11) is -9.93. The molecule has 0 heterocycles. The number of phosphoric acid groups is 2. The van der Waals surface area contributed by atoms with Gasteiger partial charge < -0.3 is 33.8 Å². The van der Waals surface area contributed by atoms with E-state index in [0.29, 0.717) is 25.7 Å². The first kappa shape index (κ1) is 101. The zero-order valence-corrected chi connectivity index (χ0v) is 69.4. The van der Waals surface area contributed by atoms with Gasteiger partial charge in [-0.2, -0.15) is 0 Å². The Hall–Kier alpha value is -1.94. The lowest BCUT2D eigenvalue weighted by molar-refractivity contribution is -0.161. The van der Waals surface area contributed by atoms with Crippen molar-refractivity contribution in [2.75, 3.05) is 39.6 Å². The van der Waals surface area contributed by atoms with Gasteiger partial charge in [-0.3, -0.25) is 37.3 Å². The lowest BCUT2D eigenvalue weighted by atomic mass is 9.99. The second-order valence-electron chi connectivity index (χ2n) is 30.9. The van der Waals surface area contributed by atoms with Crippen molar-refractivity contribution in [3.8, 4) is 0 Å². The number of carbonyl (C=O) groups excluding carboxylic acids is 4. The predicted molar refractivity (Wildman–Crippen MR) is 423 cm³/mol. The van der Waals surface area contributed by atoms with Crippen LogP contribution in [0, 0.1) is 11.8 Å². The van der Waals surface area contributed by atoms with Crippen LogP contribution >= 0.6 is 15.6 Å². The van der Waals surface area contributed by atoms with E-state index in [1.807, 2.05) is 0 Å². The molecule has 0 aliphatic carbocycles. The Kier molecular flexibility index (Phi) is 74.1. The van der Waals surface area contributed by atoms with E-state index in [2.05, 4.69) is 41.5 Å². The van der Waals surface area contributed by atoms with Gasteiger partial charge in [0, 0.05) is 25.7 Å². The number of unbranched alkanes of at least 4 members (excludes halogenated alkanes) is 52. The smallest absolute Gasteiger partial charge is 0.462 e. The van der Waals surface area contributed by atoms with Crippen molar-refractivity contribution in [3.63, 3.8) is 0 Å². The number of hydrogen-bond donors (Lipinski definition) is 3. The molecule has 103 heavy (non-hydrogen) atoms. The van der Waals surface area contributed by atoms with Gasteiger partial charge in [0.2, 0.25) is 0 Å². The largest absolute Gasteiger partial charge is 0.472 e. The number of carbonyl (C=O) groups is 4. The first-order valence-corrected chi connectivity index (χ1v) is 46.5. The van der Waals surface area contributed by atoms with E-state index in [-0.39, 0.29) is 25.7 Å². The molecule has 0 aliphatic rings. The minimum Gasteiger partial charge on any atom is -0.462 e. The van der Waals surface area contributed by atoms with E-state index < -0.39 is 97.5 Å². The number of esters is 4. The molecule has 0 aromatic rings. The molecule has 0 saturated carbocycles. The van der Waals surface area contributed by atoms with Gasteiger partial charge in [0.05, 0.1) is 26.4 Å². The van der Waals surface area contributed by atoms with Crippen LogP contribution in [-0.2, 0) is 65.4 Å². The molecular weight excluding hydrogens is 1340 g/mol. The van der Waals surface area contributed by atoms with Crippen molar-refractivity contribution in [1.82, 2.24) is 0 Å². The van der Waals surface area contributed by atoms with Crippen LogP contribution in [-0.4, -0.2) is 96.7 Å². The maximum atomic E-state index is 13.1. The van der Waals surface area contributed by atoms with Crippen LogP contribution in [0.1, 0.15) is 446 Å². The molecule has 0 spiro atoms. The molecule has 0 bridgehead atoms. The average molecular weight is 1510 g/mol. The highest BCUT2D eigenvalue weighted by Gasteiger charge is 2.30. The Morgan fingerprint density at radius 2 is 0.495 bits per heavy atom. The average Bonchev–Trinajstić information content (AvgIpc) is 0.915. The minimum absolute atomic E-state index is 0.106. The van der Waals surface area contributed by atoms with E-state index in [1.165, 1.54) is 263 Å². The highest BCUT2D eigenvalue weighted by molar-refractivity contribution is 7.47. The van der Waals surface area contributed by atoms with Gasteiger partial charge in [0.1, 0.15) is 19.3 Å². The lowest BCUT2D eigenvalue weighted by Crippen LogP contribution is -2.30. The molecule has 0 radical (unpaired) electrons. The number of rotatable bonds is 83. The highest BCUT2D eigenvalue weighted by atomic mass is 31.2. The van der Waals surface area contributed by atoms with Crippen molar-refractivity contribution in [1.29, 1.82) is 0 Å². The van der Waals surface area contributed by atoms with Gasteiger partial charge in [0.15, 0.2) is 12.2 Å². The summed E-state index contributed by atoms with van der Waals surface area (Å²) in [5.74, 6) is -0.577. The molecule has 0 aromatic carbocycles. The van der Waals surface area contributed by atoms with E-state index in [9.17, 15) is 43.2 Å². The van der Waals surface area contributed by atoms with E-state index in [1.54, 1.807) is 0 Å². The van der Waals surface area contributed by atoms with Crippen LogP contribution in [0.15, 0.2) is 0 Å². The lowest BCUT2D eigenvalue weighted by Gasteiger charge is -2.21. The molecule has 3 N–H and O–H groups in total. The zero-order valence-electron chi connectivity index (χ0n) is 67.6. The van der Waals surface area contributed by atoms with Gasteiger partial charge in [-0.25, -0.2) is 9.13 Å². The van der Waals surface area contributed by atoms with Gasteiger partial charge in [0.25, 0.3) is 0 Å². The van der Waals surface area contributed by atoms with Gasteiger partial charge in [-0.15, -0.1) is 0 Å². The third-order valence-corrected chi connectivity index (χ3v) is 22.0. The Bertz CT molecular complexity index is 1980. The normalized spacial score (nSPS) is 14.1. The summed E-state index contributed by atoms with van der Waals surface area (Å²) in [4.78, 5) is 73.2. The van der Waals surface area contributed by atoms with E-state index >= 15 is 0 Å². The Balaban J connectivity index is 5.24. The quantitative estimate of drug-likeness (QED) is 0.0222. The first-order valence-electron chi connectivity index (χ1n) is 43.5. The fourth-order valence-electron chi connectivity index (χ4n) is 13.0. The van der Waals surface area contributed by atoms with E-state index in [4.69, 9.17) is 37.0 Å². The summed E-state index contributed by atoms with van der Waals surface area (Å²) in [6.45, 7) is 9.64. The molecule has 19 heteroatoms. The highest BCUT2D eigenvalue weighted by Crippen LogP contribution is 2.45. The third-order valence-electron chi connectivity index (χ3n) is 20.1. The number of ether oxygens (including phenoxy) is 4. The fraction of sp³-hybridized carbons (Fsp3) is 0.952. The van der Waals surface area contributed by atoms with Gasteiger partial charge in [-0.1, -0.05) is 395 Å². The van der Waals surface area contributed by atoms with E-state index in [0.717, 1.165) is 102 Å². The number of aliphatic hydroxyl groups excluding tert-OH is 1. The monoisotopic (exact) mass is 1510 g/mol. The van der Waals surface area contributed by atoms with Crippen LogP contribution in [0.25, 0.3) is 0 Å². The van der Waals surface area contributed by atoms with Gasteiger partial charge >= 0.3 is 39.5 Å². The van der Waals surface area contributed by atoms with Gasteiger partial charge in [-0.05, 0) is 37.5 Å². The Morgan fingerprint density at radius 1 is 0.282 bits per heavy atom. The molecule has 0 aliphatic heterocycles. The van der Waals surface area contributed by atoms with Crippen LogP contribution in [0.3, 0.4) is 0 Å². The molecule has 0 amide bonds. The number of aliphatic hydroxyl groups is 1. The summed E-state index contributed by atoms with van der Waals surface area (Å²) < 4.78 is 68.8. The summed E-state index contributed by atoms with van der Waals surface area (Å²) in [5.41, 5.74) is 0. The summed E-state index contributed by atoms with van der Waals surface area (Å²) >= 11 is 0. The topological polar surface area (TPSA) is 237 Å². The van der Waals surface area contributed by atoms with Crippen LogP contribution in [0.2, 0.25) is 0 Å². The maximum Gasteiger partial charge on any atom is 0.472 e. The van der Waals surface area contributed by atoms with Crippen molar-refractivity contribution < 1.29 is 80.2 Å². The second-order valence-corrected chi connectivity index (χ2v) is 33.8. The Labute approximate surface area is 632 Å². The molecule has 0 fully saturated rings. The third kappa shape index (κ3) is 76.6. The number of phosphoric ester groups is 2. The zero-order chi connectivity index (χ0) is 75.6. The summed E-state index contributed by atoms with van der Waals surface area (Å²) in [6, 6.07) is 0. The van der Waals surface area contributed by atoms with Crippen molar-refractivity contribution in [2.45, 2.75) is 464 Å².